The van der Waals surface area contributed by atoms with Crippen molar-refractivity contribution in [2.45, 2.75) is 20.4 Å². The molecular weight excluding hydrogens is 200 g/mol. The van der Waals surface area contributed by atoms with Gasteiger partial charge in [-0.25, -0.2) is 0 Å². The van der Waals surface area contributed by atoms with Gasteiger partial charge in [-0.15, -0.1) is 0 Å². The summed E-state index contributed by atoms with van der Waals surface area (Å²) in [7, 11) is 0. The first-order valence-electron chi connectivity index (χ1n) is 5.24. The second-order valence-electron chi connectivity index (χ2n) is 3.94. The van der Waals surface area contributed by atoms with Crippen LogP contribution in [0.3, 0.4) is 0 Å². The zero-order chi connectivity index (χ0) is 11.5. The minimum absolute atomic E-state index is 0.0186. The van der Waals surface area contributed by atoms with E-state index >= 15 is 0 Å². The van der Waals surface area contributed by atoms with Gasteiger partial charge in [-0.05, 0) is 37.1 Å². The topological polar surface area (TPSA) is 34.9 Å². The Morgan fingerprint density at radius 2 is 2.12 bits per heavy atom. The lowest BCUT2D eigenvalue weighted by molar-refractivity contribution is 0.732. The van der Waals surface area contributed by atoms with Crippen molar-refractivity contribution in [3.05, 3.63) is 63.8 Å². The highest BCUT2D eigenvalue weighted by Gasteiger charge is 2.01. The van der Waals surface area contributed by atoms with Gasteiger partial charge in [-0.1, -0.05) is 6.07 Å². The van der Waals surface area contributed by atoms with Crippen molar-refractivity contribution in [1.82, 2.24) is 9.55 Å². The number of aryl methyl sites for hydroxylation is 2. The van der Waals surface area contributed by atoms with Gasteiger partial charge < -0.3 is 4.57 Å². The Kier molecular flexibility index (Phi) is 2.86. The molecule has 16 heavy (non-hydrogen) atoms. The van der Waals surface area contributed by atoms with Crippen LogP contribution in [-0.2, 0) is 6.54 Å². The van der Waals surface area contributed by atoms with Crippen molar-refractivity contribution in [2.24, 2.45) is 0 Å². The Balaban J connectivity index is 2.35. The molecule has 2 aromatic rings. The van der Waals surface area contributed by atoms with E-state index < -0.39 is 0 Å². The first kappa shape index (κ1) is 10.6. The quantitative estimate of drug-likeness (QED) is 0.765. The molecule has 82 valence electrons. The van der Waals surface area contributed by atoms with Gasteiger partial charge in [0.15, 0.2) is 0 Å². The van der Waals surface area contributed by atoms with Gasteiger partial charge in [0, 0.05) is 18.5 Å². The van der Waals surface area contributed by atoms with Crippen molar-refractivity contribution in [3.8, 4) is 0 Å². The second kappa shape index (κ2) is 4.31. The summed E-state index contributed by atoms with van der Waals surface area (Å²) in [6, 6.07) is 7.47. The molecule has 3 heteroatoms. The molecule has 0 fully saturated rings. The largest absolute Gasteiger partial charge is 0.310 e. The van der Waals surface area contributed by atoms with E-state index in [1.54, 1.807) is 16.8 Å². The van der Waals surface area contributed by atoms with E-state index in [1.807, 2.05) is 38.2 Å². The van der Waals surface area contributed by atoms with Crippen LogP contribution in [0.1, 0.15) is 16.8 Å². The van der Waals surface area contributed by atoms with Gasteiger partial charge in [0.2, 0.25) is 0 Å². The third-order valence-electron chi connectivity index (χ3n) is 2.59. The van der Waals surface area contributed by atoms with Crippen LogP contribution >= 0.6 is 0 Å². The molecule has 2 rings (SSSR count). The highest BCUT2D eigenvalue weighted by Crippen LogP contribution is 2.04. The molecule has 0 aromatic carbocycles. The molecule has 3 nitrogen and oxygen atoms in total. The third-order valence-corrected chi connectivity index (χ3v) is 2.59. The van der Waals surface area contributed by atoms with Crippen molar-refractivity contribution >= 4 is 0 Å². The maximum absolute atomic E-state index is 11.7. The first-order chi connectivity index (χ1) is 7.66. The SMILES string of the molecule is Cc1ccn(Cc2ncccc2C)c(=O)c1. The van der Waals surface area contributed by atoms with E-state index in [0.717, 1.165) is 16.8 Å². The number of hydrogen-bond donors (Lipinski definition) is 0. The minimum Gasteiger partial charge on any atom is -0.310 e. The summed E-state index contributed by atoms with van der Waals surface area (Å²) in [6.45, 7) is 4.45. The normalized spacial score (nSPS) is 10.4. The molecule has 0 aliphatic carbocycles. The monoisotopic (exact) mass is 214 g/mol. The average Bonchev–Trinajstić information content (AvgIpc) is 2.25. The maximum Gasteiger partial charge on any atom is 0.251 e. The summed E-state index contributed by atoms with van der Waals surface area (Å²) in [5.41, 5.74) is 3.05. The lowest BCUT2D eigenvalue weighted by Crippen LogP contribution is -2.20. The van der Waals surface area contributed by atoms with Gasteiger partial charge in [-0.2, -0.15) is 0 Å². The Morgan fingerprint density at radius 3 is 2.81 bits per heavy atom. The van der Waals surface area contributed by atoms with Gasteiger partial charge in [-0.3, -0.25) is 9.78 Å². The van der Waals surface area contributed by atoms with Crippen LogP contribution in [0.15, 0.2) is 41.5 Å². The van der Waals surface area contributed by atoms with Crippen LogP contribution in [0, 0.1) is 13.8 Å². The maximum atomic E-state index is 11.7. The Hall–Kier alpha value is -1.90. The molecule has 0 spiro atoms. The molecule has 2 aromatic heterocycles. The Labute approximate surface area is 94.4 Å². The molecule has 0 saturated heterocycles. The predicted molar refractivity (Wildman–Crippen MR) is 63.5 cm³/mol. The molecule has 0 bridgehead atoms. The highest BCUT2D eigenvalue weighted by atomic mass is 16.1. The van der Waals surface area contributed by atoms with E-state index in [1.165, 1.54) is 0 Å². The number of nitrogens with zero attached hydrogens (tertiary/aromatic N) is 2. The van der Waals surface area contributed by atoms with Crippen LogP contribution in [0.5, 0.6) is 0 Å². The van der Waals surface area contributed by atoms with Gasteiger partial charge in [0.05, 0.1) is 12.2 Å². The molecule has 0 radical (unpaired) electrons. The summed E-state index contributed by atoms with van der Waals surface area (Å²) in [4.78, 5) is 16.0. The average molecular weight is 214 g/mol. The molecule has 2 heterocycles. The van der Waals surface area contributed by atoms with Gasteiger partial charge in [0.25, 0.3) is 5.56 Å². The fourth-order valence-corrected chi connectivity index (χ4v) is 1.58. The summed E-state index contributed by atoms with van der Waals surface area (Å²) in [5, 5.41) is 0. The highest BCUT2D eigenvalue weighted by molar-refractivity contribution is 5.18. The van der Waals surface area contributed by atoms with Gasteiger partial charge >= 0.3 is 0 Å². The van der Waals surface area contributed by atoms with E-state index in [0.29, 0.717) is 6.54 Å². The van der Waals surface area contributed by atoms with Crippen LogP contribution in [0.25, 0.3) is 0 Å². The zero-order valence-electron chi connectivity index (χ0n) is 9.47. The summed E-state index contributed by atoms with van der Waals surface area (Å²) < 4.78 is 1.67. The first-order valence-corrected chi connectivity index (χ1v) is 5.24. The summed E-state index contributed by atoms with van der Waals surface area (Å²) in [5.74, 6) is 0. The Bertz CT molecular complexity index is 558. The molecule has 0 N–H and O–H groups in total. The molecule has 0 aliphatic rings. The second-order valence-corrected chi connectivity index (χ2v) is 3.94. The molecule has 0 aliphatic heterocycles. The third kappa shape index (κ3) is 2.19. The van der Waals surface area contributed by atoms with Crippen LogP contribution in [-0.4, -0.2) is 9.55 Å². The predicted octanol–water partition coefficient (Wildman–Crippen LogP) is 1.91. The molecule has 0 unspecified atom stereocenters. The van der Waals surface area contributed by atoms with Crippen molar-refractivity contribution in [1.29, 1.82) is 0 Å². The van der Waals surface area contributed by atoms with E-state index in [-0.39, 0.29) is 5.56 Å². The number of aromatic nitrogens is 2. The minimum atomic E-state index is 0.0186. The number of hydrogen-bond acceptors (Lipinski definition) is 2. The van der Waals surface area contributed by atoms with Crippen molar-refractivity contribution in [2.75, 3.05) is 0 Å². The molecule has 0 amide bonds. The fraction of sp³-hybridized carbons (Fsp3) is 0.231. The van der Waals surface area contributed by atoms with Crippen molar-refractivity contribution in [3.63, 3.8) is 0 Å². The number of rotatable bonds is 2. The molecule has 0 saturated carbocycles. The smallest absolute Gasteiger partial charge is 0.251 e. The molecule has 0 atom stereocenters. The summed E-state index contributed by atoms with van der Waals surface area (Å²) >= 11 is 0. The van der Waals surface area contributed by atoms with E-state index in [4.69, 9.17) is 0 Å². The van der Waals surface area contributed by atoms with Gasteiger partial charge in [0.1, 0.15) is 0 Å². The molecular formula is C13H14N2O. The van der Waals surface area contributed by atoms with E-state index in [2.05, 4.69) is 4.98 Å². The van der Waals surface area contributed by atoms with Crippen LogP contribution in [0.4, 0.5) is 0 Å². The zero-order valence-corrected chi connectivity index (χ0v) is 9.47. The van der Waals surface area contributed by atoms with Crippen molar-refractivity contribution < 1.29 is 0 Å². The number of pyridine rings is 2. The van der Waals surface area contributed by atoms with Crippen LogP contribution in [0.2, 0.25) is 0 Å². The summed E-state index contributed by atoms with van der Waals surface area (Å²) in [6.07, 6.45) is 3.56. The lowest BCUT2D eigenvalue weighted by atomic mass is 10.2. The lowest BCUT2D eigenvalue weighted by Gasteiger charge is -2.07. The van der Waals surface area contributed by atoms with Crippen LogP contribution < -0.4 is 5.56 Å². The Morgan fingerprint density at radius 1 is 1.31 bits per heavy atom. The standard InChI is InChI=1S/C13H14N2O/c1-10-5-7-15(13(16)8-10)9-12-11(2)4-3-6-14-12/h3-8H,9H2,1-2H3. The fourth-order valence-electron chi connectivity index (χ4n) is 1.58. The van der Waals surface area contributed by atoms with E-state index in [9.17, 15) is 4.79 Å².